The van der Waals surface area contributed by atoms with E-state index in [4.69, 9.17) is 9.47 Å². The van der Waals surface area contributed by atoms with E-state index in [9.17, 15) is 0 Å². The average Bonchev–Trinajstić information content (AvgIpc) is 2.70. The molecule has 1 aliphatic heterocycles. The second kappa shape index (κ2) is 13.1. The number of rotatable bonds is 8. The molecule has 0 unspecified atom stereocenters. The molecule has 6 nitrogen and oxygen atoms in total. The summed E-state index contributed by atoms with van der Waals surface area (Å²) in [5.74, 6) is 3.34. The predicted molar refractivity (Wildman–Crippen MR) is 127 cm³/mol. The van der Waals surface area contributed by atoms with Crippen LogP contribution in [0.2, 0.25) is 0 Å². The number of benzene rings is 1. The van der Waals surface area contributed by atoms with Gasteiger partial charge in [-0.3, -0.25) is 4.99 Å². The molecular weight excluding hydrogens is 467 g/mol. The van der Waals surface area contributed by atoms with Gasteiger partial charge in [0.1, 0.15) is 0 Å². The summed E-state index contributed by atoms with van der Waals surface area (Å²) in [6.45, 7) is 4.33. The quantitative estimate of drug-likeness (QED) is 0.335. The lowest BCUT2D eigenvalue weighted by atomic mass is 9.94. The molecule has 1 aliphatic rings. The first-order valence-corrected chi connectivity index (χ1v) is 9.88. The molecule has 0 aliphatic carbocycles. The number of guanidine groups is 1. The SMILES string of the molecule is CN=C(NCCC1CCN(C)CC1)N(C)CCc1ccc(OC)c(OC)c1.I. The van der Waals surface area contributed by atoms with Crippen molar-refractivity contribution in [1.82, 2.24) is 15.1 Å². The Morgan fingerprint density at radius 2 is 1.89 bits per heavy atom. The summed E-state index contributed by atoms with van der Waals surface area (Å²) in [7, 11) is 9.48. The van der Waals surface area contributed by atoms with Crippen LogP contribution in [-0.4, -0.2) is 77.3 Å². The molecule has 1 aromatic rings. The van der Waals surface area contributed by atoms with E-state index in [0.717, 1.165) is 42.9 Å². The Morgan fingerprint density at radius 3 is 2.50 bits per heavy atom. The number of nitrogens with zero attached hydrogens (tertiary/aromatic N) is 3. The Kier molecular flexibility index (Phi) is 11.6. The second-order valence-corrected chi connectivity index (χ2v) is 7.37. The molecule has 1 aromatic carbocycles. The molecule has 0 radical (unpaired) electrons. The molecule has 2 rings (SSSR count). The standard InChI is InChI=1S/C21H36N4O2.HI/c1-22-21(23-12-8-17-9-13-24(2)14-10-17)25(3)15-11-18-6-7-19(26-4)20(16-18)27-5;/h6-7,16-17H,8-15H2,1-5H3,(H,22,23);1H. The van der Waals surface area contributed by atoms with Crippen LogP contribution in [0.15, 0.2) is 23.2 Å². The number of nitrogens with one attached hydrogen (secondary N) is 1. The lowest BCUT2D eigenvalue weighted by Crippen LogP contribution is -2.41. The molecule has 0 saturated carbocycles. The van der Waals surface area contributed by atoms with Gasteiger partial charge in [-0.25, -0.2) is 0 Å². The zero-order valence-electron chi connectivity index (χ0n) is 18.0. The molecule has 0 atom stereocenters. The van der Waals surface area contributed by atoms with Crippen molar-refractivity contribution in [2.75, 3.05) is 61.5 Å². The minimum absolute atomic E-state index is 0. The van der Waals surface area contributed by atoms with Crippen LogP contribution in [0, 0.1) is 5.92 Å². The number of methoxy groups -OCH3 is 2. The molecule has 1 N–H and O–H groups in total. The number of hydrogen-bond donors (Lipinski definition) is 1. The summed E-state index contributed by atoms with van der Waals surface area (Å²) in [6.07, 6.45) is 4.76. The minimum Gasteiger partial charge on any atom is -0.493 e. The summed E-state index contributed by atoms with van der Waals surface area (Å²) < 4.78 is 10.7. The van der Waals surface area contributed by atoms with E-state index in [-0.39, 0.29) is 24.0 Å². The van der Waals surface area contributed by atoms with Crippen molar-refractivity contribution < 1.29 is 9.47 Å². The van der Waals surface area contributed by atoms with Crippen molar-refractivity contribution >= 4 is 29.9 Å². The van der Waals surface area contributed by atoms with E-state index >= 15 is 0 Å². The minimum atomic E-state index is 0. The van der Waals surface area contributed by atoms with E-state index in [1.54, 1.807) is 14.2 Å². The fourth-order valence-corrected chi connectivity index (χ4v) is 3.56. The third kappa shape index (κ3) is 7.66. The summed E-state index contributed by atoms with van der Waals surface area (Å²) >= 11 is 0. The normalized spacial score (nSPS) is 15.7. The Hall–Kier alpha value is -1.22. The maximum absolute atomic E-state index is 5.39. The Labute approximate surface area is 187 Å². The van der Waals surface area contributed by atoms with Crippen LogP contribution in [-0.2, 0) is 6.42 Å². The topological polar surface area (TPSA) is 49.3 Å². The van der Waals surface area contributed by atoms with Gasteiger partial charge in [-0.1, -0.05) is 6.07 Å². The van der Waals surface area contributed by atoms with Crippen molar-refractivity contribution in [3.8, 4) is 11.5 Å². The van der Waals surface area contributed by atoms with Gasteiger partial charge in [0.2, 0.25) is 0 Å². The highest BCUT2D eigenvalue weighted by Gasteiger charge is 2.16. The number of likely N-dealkylation sites (tertiary alicyclic amines) is 1. The fourth-order valence-electron chi connectivity index (χ4n) is 3.56. The van der Waals surface area contributed by atoms with Crippen LogP contribution in [0.4, 0.5) is 0 Å². The van der Waals surface area contributed by atoms with Gasteiger partial charge in [-0.05, 0) is 69.4 Å². The van der Waals surface area contributed by atoms with Gasteiger partial charge in [0, 0.05) is 27.2 Å². The molecule has 160 valence electrons. The molecule has 1 saturated heterocycles. The lowest BCUT2D eigenvalue weighted by Gasteiger charge is -2.29. The van der Waals surface area contributed by atoms with E-state index in [1.165, 1.54) is 37.9 Å². The molecule has 1 fully saturated rings. The largest absolute Gasteiger partial charge is 0.493 e. The third-order valence-electron chi connectivity index (χ3n) is 5.43. The zero-order valence-corrected chi connectivity index (χ0v) is 20.4. The second-order valence-electron chi connectivity index (χ2n) is 7.37. The van der Waals surface area contributed by atoms with Gasteiger partial charge < -0.3 is 24.6 Å². The van der Waals surface area contributed by atoms with Crippen molar-refractivity contribution in [2.45, 2.75) is 25.7 Å². The van der Waals surface area contributed by atoms with Gasteiger partial charge in [0.25, 0.3) is 0 Å². The van der Waals surface area contributed by atoms with Crippen LogP contribution in [0.3, 0.4) is 0 Å². The molecule has 0 bridgehead atoms. The number of aliphatic imine (C=N–C) groups is 1. The van der Waals surface area contributed by atoms with Gasteiger partial charge in [0.05, 0.1) is 14.2 Å². The monoisotopic (exact) mass is 504 g/mol. The fraction of sp³-hybridized carbons (Fsp3) is 0.667. The Balaban J connectivity index is 0.00000392. The first-order chi connectivity index (χ1) is 13.1. The van der Waals surface area contributed by atoms with E-state index in [2.05, 4.69) is 40.3 Å². The van der Waals surface area contributed by atoms with Crippen LogP contribution in [0.5, 0.6) is 11.5 Å². The lowest BCUT2D eigenvalue weighted by molar-refractivity contribution is 0.212. The Morgan fingerprint density at radius 1 is 1.21 bits per heavy atom. The van der Waals surface area contributed by atoms with Gasteiger partial charge >= 0.3 is 0 Å². The van der Waals surface area contributed by atoms with Gasteiger partial charge in [0.15, 0.2) is 17.5 Å². The zero-order chi connectivity index (χ0) is 19.6. The molecule has 28 heavy (non-hydrogen) atoms. The first-order valence-electron chi connectivity index (χ1n) is 9.88. The maximum atomic E-state index is 5.39. The third-order valence-corrected chi connectivity index (χ3v) is 5.43. The van der Waals surface area contributed by atoms with Crippen LogP contribution >= 0.6 is 24.0 Å². The van der Waals surface area contributed by atoms with Crippen LogP contribution < -0.4 is 14.8 Å². The van der Waals surface area contributed by atoms with Gasteiger partial charge in [-0.15, -0.1) is 24.0 Å². The Bertz CT molecular complexity index is 604. The average molecular weight is 504 g/mol. The number of piperidine rings is 1. The van der Waals surface area contributed by atoms with Crippen molar-refractivity contribution in [1.29, 1.82) is 0 Å². The highest BCUT2D eigenvalue weighted by atomic mass is 127. The highest BCUT2D eigenvalue weighted by Crippen LogP contribution is 2.27. The van der Waals surface area contributed by atoms with Crippen molar-refractivity contribution in [3.05, 3.63) is 23.8 Å². The predicted octanol–water partition coefficient (Wildman–Crippen LogP) is 3.10. The number of halogens is 1. The van der Waals surface area contributed by atoms with E-state index in [1.807, 2.05) is 19.2 Å². The number of likely N-dealkylation sites (N-methyl/N-ethyl adjacent to an activating group) is 1. The molecule has 1 heterocycles. The number of ether oxygens (including phenoxy) is 2. The summed E-state index contributed by atoms with van der Waals surface area (Å²) in [4.78, 5) is 9.04. The molecule has 0 spiro atoms. The van der Waals surface area contributed by atoms with Gasteiger partial charge in [-0.2, -0.15) is 0 Å². The smallest absolute Gasteiger partial charge is 0.193 e. The molecule has 0 amide bonds. The highest BCUT2D eigenvalue weighted by molar-refractivity contribution is 14.0. The summed E-state index contributed by atoms with van der Waals surface area (Å²) in [5, 5.41) is 3.52. The van der Waals surface area contributed by atoms with Crippen molar-refractivity contribution in [2.24, 2.45) is 10.9 Å². The molecular formula is C21H37IN4O2. The first kappa shape index (κ1) is 24.8. The molecule has 7 heteroatoms. The van der Waals surface area contributed by atoms with E-state index < -0.39 is 0 Å². The van der Waals surface area contributed by atoms with Crippen LogP contribution in [0.25, 0.3) is 0 Å². The molecule has 0 aromatic heterocycles. The van der Waals surface area contributed by atoms with Crippen LogP contribution in [0.1, 0.15) is 24.8 Å². The summed E-state index contributed by atoms with van der Waals surface area (Å²) in [5.41, 5.74) is 1.22. The maximum Gasteiger partial charge on any atom is 0.193 e. The number of hydrogen-bond acceptors (Lipinski definition) is 4. The van der Waals surface area contributed by atoms with E-state index in [0.29, 0.717) is 0 Å². The summed E-state index contributed by atoms with van der Waals surface area (Å²) in [6, 6.07) is 6.09. The van der Waals surface area contributed by atoms with Crippen molar-refractivity contribution in [3.63, 3.8) is 0 Å².